The summed E-state index contributed by atoms with van der Waals surface area (Å²) >= 11 is 1.04. The van der Waals surface area contributed by atoms with Crippen LogP contribution >= 0.6 is 11.8 Å². The van der Waals surface area contributed by atoms with Crippen molar-refractivity contribution < 1.29 is 19.5 Å². The van der Waals surface area contributed by atoms with E-state index in [0.29, 0.717) is 24.7 Å². The van der Waals surface area contributed by atoms with Crippen molar-refractivity contribution in [3.63, 3.8) is 0 Å². The van der Waals surface area contributed by atoms with Crippen LogP contribution in [0.4, 0.5) is 0 Å². The Morgan fingerprint density at radius 3 is 2.50 bits per heavy atom. The first-order valence-electron chi connectivity index (χ1n) is 6.86. The predicted octanol–water partition coefficient (Wildman–Crippen LogP) is -0.118. The molecule has 22 heavy (non-hydrogen) atoms. The standard InChI is InChI=1S/C13H24N4O4S/c1-9(18)22-8-6-11(19)16-10(12(20)21)5-4-7-15-13(14)17(2)3/h10H,4-8H2,1-3H3,(H2,14,15)(H,16,19)(H,20,21)/t10-/m0/s1. The Kier molecular flexibility index (Phi) is 10.0. The minimum absolute atomic E-state index is 0.0704. The fraction of sp³-hybridized carbons (Fsp3) is 0.692. The summed E-state index contributed by atoms with van der Waals surface area (Å²) in [7, 11) is 3.52. The van der Waals surface area contributed by atoms with Crippen LogP contribution in [-0.2, 0) is 14.4 Å². The fourth-order valence-corrected chi connectivity index (χ4v) is 2.02. The van der Waals surface area contributed by atoms with Crippen molar-refractivity contribution in [2.24, 2.45) is 10.7 Å². The second-order valence-electron chi connectivity index (χ2n) is 4.82. The number of hydrogen-bond acceptors (Lipinski definition) is 5. The minimum atomic E-state index is -1.09. The van der Waals surface area contributed by atoms with Gasteiger partial charge >= 0.3 is 5.97 Å². The molecule has 0 radical (unpaired) electrons. The molecule has 0 aromatic rings. The van der Waals surface area contributed by atoms with E-state index in [2.05, 4.69) is 10.3 Å². The van der Waals surface area contributed by atoms with Gasteiger partial charge < -0.3 is 21.1 Å². The Bertz CT molecular complexity index is 426. The Hall–Kier alpha value is -1.77. The number of carbonyl (C=O) groups is 3. The molecular weight excluding hydrogens is 308 g/mol. The molecule has 4 N–H and O–H groups in total. The molecule has 0 heterocycles. The molecule has 0 bridgehead atoms. The molecule has 1 atom stereocenters. The maximum Gasteiger partial charge on any atom is 0.326 e. The fourth-order valence-electron chi connectivity index (χ4n) is 1.44. The normalized spacial score (nSPS) is 12.6. The van der Waals surface area contributed by atoms with Crippen molar-refractivity contribution in [1.29, 1.82) is 0 Å². The Morgan fingerprint density at radius 1 is 1.36 bits per heavy atom. The number of carboxylic acid groups (broad SMARTS) is 1. The van der Waals surface area contributed by atoms with Gasteiger partial charge in [-0.1, -0.05) is 11.8 Å². The average Bonchev–Trinajstić information content (AvgIpc) is 2.40. The second-order valence-corrected chi connectivity index (χ2v) is 6.10. The van der Waals surface area contributed by atoms with Crippen molar-refractivity contribution >= 4 is 34.7 Å². The molecule has 1 amide bonds. The largest absolute Gasteiger partial charge is 0.480 e. The van der Waals surface area contributed by atoms with E-state index in [1.165, 1.54) is 6.92 Å². The van der Waals surface area contributed by atoms with Gasteiger partial charge in [0.2, 0.25) is 5.91 Å². The summed E-state index contributed by atoms with van der Waals surface area (Å²) in [6.45, 7) is 1.81. The smallest absolute Gasteiger partial charge is 0.326 e. The van der Waals surface area contributed by atoms with Crippen LogP contribution in [0.15, 0.2) is 4.99 Å². The summed E-state index contributed by atoms with van der Waals surface area (Å²) in [5, 5.41) is 11.5. The predicted molar refractivity (Wildman–Crippen MR) is 86.7 cm³/mol. The van der Waals surface area contributed by atoms with E-state index in [0.717, 1.165) is 11.8 Å². The molecule has 0 aliphatic heterocycles. The quantitative estimate of drug-likeness (QED) is 0.305. The highest BCUT2D eigenvalue weighted by Gasteiger charge is 2.19. The van der Waals surface area contributed by atoms with E-state index < -0.39 is 12.0 Å². The van der Waals surface area contributed by atoms with Crippen LogP contribution in [0.5, 0.6) is 0 Å². The molecule has 0 aliphatic carbocycles. The lowest BCUT2D eigenvalue weighted by molar-refractivity contribution is -0.142. The van der Waals surface area contributed by atoms with E-state index >= 15 is 0 Å². The number of aliphatic carboxylic acids is 1. The third-order valence-corrected chi connectivity index (χ3v) is 3.47. The first-order chi connectivity index (χ1) is 10.2. The maximum absolute atomic E-state index is 11.6. The summed E-state index contributed by atoms with van der Waals surface area (Å²) in [4.78, 5) is 39.2. The number of amides is 1. The van der Waals surface area contributed by atoms with Crippen LogP contribution in [0.2, 0.25) is 0 Å². The van der Waals surface area contributed by atoms with E-state index in [-0.39, 0.29) is 23.9 Å². The number of rotatable bonds is 9. The summed E-state index contributed by atoms with van der Waals surface area (Å²) < 4.78 is 0. The number of nitrogens with two attached hydrogens (primary N) is 1. The maximum atomic E-state index is 11.6. The van der Waals surface area contributed by atoms with Gasteiger partial charge in [-0.3, -0.25) is 14.6 Å². The Labute approximate surface area is 134 Å². The van der Waals surface area contributed by atoms with E-state index in [1.807, 2.05) is 0 Å². The minimum Gasteiger partial charge on any atom is -0.480 e. The van der Waals surface area contributed by atoms with Crippen molar-refractivity contribution in [3.8, 4) is 0 Å². The summed E-state index contributed by atoms with van der Waals surface area (Å²) in [6.07, 6.45) is 0.874. The van der Waals surface area contributed by atoms with Gasteiger partial charge in [0.25, 0.3) is 0 Å². The molecule has 8 nitrogen and oxygen atoms in total. The molecule has 0 rings (SSSR count). The van der Waals surface area contributed by atoms with Crippen molar-refractivity contribution in [2.45, 2.75) is 32.2 Å². The topological polar surface area (TPSA) is 125 Å². The lowest BCUT2D eigenvalue weighted by Gasteiger charge is -2.14. The zero-order valence-electron chi connectivity index (χ0n) is 13.2. The average molecular weight is 332 g/mol. The molecule has 9 heteroatoms. The molecule has 0 aromatic carbocycles. The molecule has 0 fully saturated rings. The number of carbonyl (C=O) groups excluding carboxylic acids is 2. The number of hydrogen-bond donors (Lipinski definition) is 3. The molecule has 0 spiro atoms. The molecule has 0 aromatic heterocycles. The third-order valence-electron chi connectivity index (χ3n) is 2.65. The van der Waals surface area contributed by atoms with Crippen molar-refractivity contribution in [3.05, 3.63) is 0 Å². The zero-order valence-corrected chi connectivity index (χ0v) is 14.0. The number of guanidine groups is 1. The number of thioether (sulfide) groups is 1. The van der Waals surface area contributed by atoms with Crippen molar-refractivity contribution in [2.75, 3.05) is 26.4 Å². The van der Waals surface area contributed by atoms with Crippen LogP contribution < -0.4 is 11.1 Å². The van der Waals surface area contributed by atoms with Crippen LogP contribution in [0.3, 0.4) is 0 Å². The van der Waals surface area contributed by atoms with Crippen LogP contribution in [-0.4, -0.2) is 65.4 Å². The monoisotopic (exact) mass is 332 g/mol. The zero-order chi connectivity index (χ0) is 17.1. The second kappa shape index (κ2) is 10.9. The first kappa shape index (κ1) is 20.2. The van der Waals surface area contributed by atoms with E-state index in [9.17, 15) is 14.4 Å². The van der Waals surface area contributed by atoms with Gasteiger partial charge in [0, 0.05) is 39.7 Å². The highest BCUT2D eigenvalue weighted by molar-refractivity contribution is 8.13. The van der Waals surface area contributed by atoms with Crippen LogP contribution in [0, 0.1) is 0 Å². The lowest BCUT2D eigenvalue weighted by Crippen LogP contribution is -2.41. The Morgan fingerprint density at radius 2 is 2.00 bits per heavy atom. The highest BCUT2D eigenvalue weighted by atomic mass is 32.2. The molecule has 0 unspecified atom stereocenters. The first-order valence-corrected chi connectivity index (χ1v) is 7.85. The number of nitrogens with zero attached hydrogens (tertiary/aromatic N) is 2. The van der Waals surface area contributed by atoms with Crippen LogP contribution in [0.1, 0.15) is 26.2 Å². The molecular formula is C13H24N4O4S. The molecule has 0 aliphatic rings. The van der Waals surface area contributed by atoms with Gasteiger partial charge in [0.15, 0.2) is 11.1 Å². The number of carboxylic acids is 1. The van der Waals surface area contributed by atoms with Crippen LogP contribution in [0.25, 0.3) is 0 Å². The van der Waals surface area contributed by atoms with Gasteiger partial charge in [-0.25, -0.2) is 4.79 Å². The highest BCUT2D eigenvalue weighted by Crippen LogP contribution is 2.04. The van der Waals surface area contributed by atoms with E-state index in [1.54, 1.807) is 19.0 Å². The van der Waals surface area contributed by atoms with E-state index in [4.69, 9.17) is 10.8 Å². The third kappa shape index (κ3) is 10.0. The number of aliphatic imine (C=N–C) groups is 1. The molecule has 0 saturated carbocycles. The Balaban J connectivity index is 4.16. The van der Waals surface area contributed by atoms with Gasteiger partial charge in [0.1, 0.15) is 6.04 Å². The lowest BCUT2D eigenvalue weighted by atomic mass is 10.1. The summed E-state index contributed by atoms with van der Waals surface area (Å²) in [5.41, 5.74) is 5.61. The van der Waals surface area contributed by atoms with Gasteiger partial charge in [-0.15, -0.1) is 0 Å². The summed E-state index contributed by atoms with van der Waals surface area (Å²) in [6, 6.07) is -0.953. The summed E-state index contributed by atoms with van der Waals surface area (Å²) in [5.74, 6) is -0.747. The number of nitrogens with one attached hydrogen (secondary N) is 1. The van der Waals surface area contributed by atoms with Gasteiger partial charge in [-0.05, 0) is 12.8 Å². The SMILES string of the molecule is CC(=O)SCCC(=O)N[C@@H](CCCN=C(N)N(C)C)C(=O)O. The molecule has 126 valence electrons. The van der Waals surface area contributed by atoms with Crippen molar-refractivity contribution in [1.82, 2.24) is 10.2 Å². The molecule has 0 saturated heterocycles. The van der Waals surface area contributed by atoms with Gasteiger partial charge in [-0.2, -0.15) is 0 Å². The van der Waals surface area contributed by atoms with Gasteiger partial charge in [0.05, 0.1) is 0 Å².